The number of halogens is 1. The lowest BCUT2D eigenvalue weighted by molar-refractivity contribution is -0.131. The Morgan fingerprint density at radius 1 is 1.32 bits per heavy atom. The molecular weight excluding hydrogens is 317 g/mol. The lowest BCUT2D eigenvalue weighted by Crippen LogP contribution is -2.53. The van der Waals surface area contributed by atoms with E-state index in [4.69, 9.17) is 0 Å². The van der Waals surface area contributed by atoms with Crippen molar-refractivity contribution in [2.45, 2.75) is 31.6 Å². The molecular formula is C20H18FN3O. The Kier molecular flexibility index (Phi) is 3.64. The van der Waals surface area contributed by atoms with Crippen molar-refractivity contribution in [3.05, 3.63) is 59.4 Å². The lowest BCUT2D eigenvalue weighted by atomic mass is 9.51. The van der Waals surface area contributed by atoms with Gasteiger partial charge in [0, 0.05) is 17.5 Å². The van der Waals surface area contributed by atoms with Gasteiger partial charge in [-0.05, 0) is 48.4 Å². The highest BCUT2D eigenvalue weighted by atomic mass is 19.1. The highest BCUT2D eigenvalue weighted by Crippen LogP contribution is 2.55. The van der Waals surface area contributed by atoms with E-state index in [1.165, 1.54) is 18.5 Å². The number of rotatable bonds is 1. The summed E-state index contributed by atoms with van der Waals surface area (Å²) in [5, 5.41) is 9.56. The van der Waals surface area contributed by atoms with Crippen LogP contribution in [0.25, 0.3) is 0 Å². The quantitative estimate of drug-likeness (QED) is 0.802. The fraction of sp³-hybridized carbons (Fsp3) is 0.400. The minimum Gasteiger partial charge on any atom is -0.298 e. The third-order valence-electron chi connectivity index (χ3n) is 6.01. The zero-order valence-electron chi connectivity index (χ0n) is 13.9. The number of nitriles is 1. The molecule has 4 nitrogen and oxygen atoms in total. The summed E-state index contributed by atoms with van der Waals surface area (Å²) in [4.78, 5) is 21.4. The van der Waals surface area contributed by atoms with Crippen molar-refractivity contribution in [3.8, 4) is 6.07 Å². The third kappa shape index (κ3) is 2.21. The Balaban J connectivity index is 1.99. The van der Waals surface area contributed by atoms with Crippen LogP contribution in [-0.2, 0) is 16.6 Å². The van der Waals surface area contributed by atoms with Crippen LogP contribution >= 0.6 is 0 Å². The molecule has 4 rings (SSSR count). The van der Waals surface area contributed by atoms with Crippen LogP contribution in [0.5, 0.6) is 0 Å². The molecule has 2 aliphatic carbocycles. The number of hydrogen-bond acceptors (Lipinski definition) is 4. The number of carbonyl (C=O) groups is 1. The van der Waals surface area contributed by atoms with Crippen LogP contribution in [0.2, 0.25) is 0 Å². The van der Waals surface area contributed by atoms with Crippen LogP contribution in [0.3, 0.4) is 0 Å². The van der Waals surface area contributed by atoms with Gasteiger partial charge in [0.25, 0.3) is 0 Å². The van der Waals surface area contributed by atoms with Gasteiger partial charge in [-0.2, -0.15) is 5.26 Å². The summed E-state index contributed by atoms with van der Waals surface area (Å²) in [5.41, 5.74) is 2.34. The first-order chi connectivity index (χ1) is 12.1. The summed E-state index contributed by atoms with van der Waals surface area (Å²) < 4.78 is 13.5. The molecule has 1 saturated carbocycles. The van der Waals surface area contributed by atoms with E-state index < -0.39 is 11.3 Å². The van der Waals surface area contributed by atoms with Gasteiger partial charge in [-0.25, -0.2) is 14.4 Å². The summed E-state index contributed by atoms with van der Waals surface area (Å²) in [6.45, 7) is 1.92. The molecule has 0 amide bonds. The third-order valence-corrected chi connectivity index (χ3v) is 6.01. The summed E-state index contributed by atoms with van der Waals surface area (Å²) >= 11 is 0. The number of carbonyl (C=O) groups excluding carboxylic acids is 1. The molecule has 1 fully saturated rings. The van der Waals surface area contributed by atoms with Crippen LogP contribution in [0.4, 0.5) is 4.39 Å². The molecule has 0 N–H and O–H groups in total. The molecule has 1 aromatic carbocycles. The topological polar surface area (TPSA) is 66.6 Å². The first kappa shape index (κ1) is 15.9. The molecule has 5 heteroatoms. The number of Topliss-reactive ketones (excluding diaryl/α,β-unsaturated/α-hetero) is 1. The highest BCUT2D eigenvalue weighted by molar-refractivity contribution is 5.87. The second-order valence-electron chi connectivity index (χ2n) is 7.10. The van der Waals surface area contributed by atoms with Gasteiger partial charge in [0.15, 0.2) is 5.78 Å². The number of nitrogens with zero attached hydrogens (tertiary/aromatic N) is 3. The Hall–Kier alpha value is -2.61. The minimum absolute atomic E-state index is 0.0164. The van der Waals surface area contributed by atoms with Crippen molar-refractivity contribution in [2.24, 2.45) is 17.8 Å². The van der Waals surface area contributed by atoms with E-state index in [2.05, 4.69) is 16.0 Å². The van der Waals surface area contributed by atoms with Gasteiger partial charge >= 0.3 is 0 Å². The van der Waals surface area contributed by atoms with Gasteiger partial charge in [0.2, 0.25) is 0 Å². The molecule has 2 aliphatic rings. The van der Waals surface area contributed by atoms with Gasteiger partial charge in [-0.1, -0.05) is 19.1 Å². The second-order valence-corrected chi connectivity index (χ2v) is 7.10. The molecule has 2 aromatic rings. The van der Waals surface area contributed by atoms with Crippen LogP contribution in [0.1, 0.15) is 36.6 Å². The maximum Gasteiger partial charge on any atom is 0.153 e. The Morgan fingerprint density at radius 2 is 2.08 bits per heavy atom. The van der Waals surface area contributed by atoms with Crippen LogP contribution < -0.4 is 0 Å². The number of aromatic nitrogens is 2. The number of aryl methyl sites for hydroxylation is 1. The Bertz CT molecular complexity index is 873. The first-order valence-electron chi connectivity index (χ1n) is 8.56. The minimum atomic E-state index is -0.669. The standard InChI is InChI=1S/C20H18FN3O/c1-12-17-7-2-13-10-23-11-24-19(13)20(17,8-14(9-22)18(12)25)15-3-5-16(21)6-4-15/h3-6,10-12,14,17H,2,7-8H2,1H3/t12-,14?,17-,20-/m0/s1. The van der Waals surface area contributed by atoms with Crippen LogP contribution in [0.15, 0.2) is 36.8 Å². The second kappa shape index (κ2) is 5.73. The van der Waals surface area contributed by atoms with Gasteiger partial charge in [0.1, 0.15) is 18.1 Å². The fourth-order valence-corrected chi connectivity index (χ4v) is 4.86. The van der Waals surface area contributed by atoms with Crippen molar-refractivity contribution in [1.82, 2.24) is 9.97 Å². The maximum atomic E-state index is 13.5. The summed E-state index contributed by atoms with van der Waals surface area (Å²) in [6.07, 6.45) is 5.40. The van der Waals surface area contributed by atoms with Gasteiger partial charge in [0.05, 0.1) is 11.8 Å². The number of benzene rings is 1. The van der Waals surface area contributed by atoms with E-state index in [9.17, 15) is 14.4 Å². The number of hydrogen-bond donors (Lipinski definition) is 0. The van der Waals surface area contributed by atoms with Crippen molar-refractivity contribution in [2.75, 3.05) is 0 Å². The van der Waals surface area contributed by atoms with E-state index in [0.717, 1.165) is 29.7 Å². The van der Waals surface area contributed by atoms with Crippen molar-refractivity contribution < 1.29 is 9.18 Å². The van der Waals surface area contributed by atoms with Crippen molar-refractivity contribution >= 4 is 5.78 Å². The molecule has 126 valence electrons. The van der Waals surface area contributed by atoms with Gasteiger partial charge in [-0.15, -0.1) is 0 Å². The maximum absolute atomic E-state index is 13.5. The Labute approximate surface area is 145 Å². The van der Waals surface area contributed by atoms with E-state index in [-0.39, 0.29) is 23.4 Å². The SMILES string of the molecule is C[C@@H]1C(=O)C(C#N)C[C@@]2(c3ccc(F)cc3)c3ncncc3CC[C@@H]12. The molecule has 0 aliphatic heterocycles. The van der Waals surface area contributed by atoms with E-state index >= 15 is 0 Å². The average Bonchev–Trinajstić information content (AvgIpc) is 2.65. The number of ketones is 1. The van der Waals surface area contributed by atoms with E-state index in [0.29, 0.717) is 6.42 Å². The lowest BCUT2D eigenvalue weighted by Gasteiger charge is -2.51. The predicted octanol–water partition coefficient (Wildman–Crippen LogP) is 3.21. The zero-order valence-corrected chi connectivity index (χ0v) is 13.9. The molecule has 0 spiro atoms. The monoisotopic (exact) mass is 335 g/mol. The summed E-state index contributed by atoms with van der Waals surface area (Å²) in [6, 6.07) is 8.62. The van der Waals surface area contributed by atoms with E-state index in [1.807, 2.05) is 13.1 Å². The van der Waals surface area contributed by atoms with Gasteiger partial charge in [-0.3, -0.25) is 4.79 Å². The van der Waals surface area contributed by atoms with Crippen LogP contribution in [-0.4, -0.2) is 15.8 Å². The zero-order chi connectivity index (χ0) is 17.6. The Morgan fingerprint density at radius 3 is 2.80 bits per heavy atom. The molecule has 0 bridgehead atoms. The van der Waals surface area contributed by atoms with Crippen molar-refractivity contribution in [1.29, 1.82) is 5.26 Å². The predicted molar refractivity (Wildman–Crippen MR) is 88.9 cm³/mol. The van der Waals surface area contributed by atoms with Crippen LogP contribution in [0, 0.1) is 34.9 Å². The van der Waals surface area contributed by atoms with Gasteiger partial charge < -0.3 is 0 Å². The highest BCUT2D eigenvalue weighted by Gasteiger charge is 2.56. The molecule has 1 unspecified atom stereocenters. The van der Waals surface area contributed by atoms with Crippen molar-refractivity contribution in [3.63, 3.8) is 0 Å². The smallest absolute Gasteiger partial charge is 0.153 e. The fourth-order valence-electron chi connectivity index (χ4n) is 4.86. The molecule has 4 atom stereocenters. The molecule has 0 saturated heterocycles. The molecule has 0 radical (unpaired) electrons. The molecule has 1 aromatic heterocycles. The molecule has 25 heavy (non-hydrogen) atoms. The number of fused-ring (bicyclic) bond motifs is 3. The average molecular weight is 335 g/mol. The first-order valence-corrected chi connectivity index (χ1v) is 8.56. The summed E-state index contributed by atoms with van der Waals surface area (Å²) in [5.74, 6) is -1.13. The molecule has 1 heterocycles. The summed E-state index contributed by atoms with van der Waals surface area (Å²) in [7, 11) is 0. The normalized spacial score (nSPS) is 30.9. The van der Waals surface area contributed by atoms with E-state index in [1.54, 1.807) is 12.1 Å². The largest absolute Gasteiger partial charge is 0.298 e.